The molecule has 0 fully saturated rings. The third kappa shape index (κ3) is 3.04. The van der Waals surface area contributed by atoms with Crippen LogP contribution in [0.5, 0.6) is 0 Å². The zero-order chi connectivity index (χ0) is 14.7. The summed E-state index contributed by atoms with van der Waals surface area (Å²) < 4.78 is 4.80. The summed E-state index contributed by atoms with van der Waals surface area (Å²) in [5.41, 5.74) is 1.88. The molecule has 0 saturated heterocycles. The van der Waals surface area contributed by atoms with Gasteiger partial charge >= 0.3 is 5.97 Å². The van der Waals surface area contributed by atoms with Crippen LogP contribution in [0.15, 0.2) is 18.2 Å². The maximum atomic E-state index is 11.7. The summed E-state index contributed by atoms with van der Waals surface area (Å²) in [7, 11) is 1.39. The Kier molecular flexibility index (Phi) is 4.83. The second-order valence-corrected chi connectivity index (χ2v) is 5.47. The predicted octanol–water partition coefficient (Wildman–Crippen LogP) is 3.37. The van der Waals surface area contributed by atoms with Gasteiger partial charge in [-0.3, -0.25) is 4.79 Å². The fourth-order valence-corrected chi connectivity index (χ4v) is 2.89. The number of hydrogen-bond acceptors (Lipinski definition) is 3. The molecule has 1 aliphatic rings. The number of thiocarbonyl (C=S) groups is 1. The zero-order valence-electron chi connectivity index (χ0n) is 11.5. The van der Waals surface area contributed by atoms with Crippen molar-refractivity contribution >= 4 is 40.6 Å². The first-order chi connectivity index (χ1) is 9.56. The second-order valence-electron chi connectivity index (χ2n) is 4.65. The average Bonchev–Trinajstić information content (AvgIpc) is 2.43. The van der Waals surface area contributed by atoms with E-state index in [0.29, 0.717) is 10.1 Å². The van der Waals surface area contributed by atoms with Crippen molar-refractivity contribution in [1.82, 2.24) is 4.90 Å². The van der Waals surface area contributed by atoms with E-state index in [1.54, 1.807) is 6.07 Å². The molecule has 2 rings (SSSR count). The van der Waals surface area contributed by atoms with Gasteiger partial charge in [0.25, 0.3) is 0 Å². The van der Waals surface area contributed by atoms with Gasteiger partial charge < -0.3 is 15.0 Å². The highest BCUT2D eigenvalue weighted by atomic mass is 35.5. The van der Waals surface area contributed by atoms with Crippen molar-refractivity contribution < 1.29 is 9.53 Å². The number of anilines is 1. The number of benzene rings is 1. The van der Waals surface area contributed by atoms with Crippen molar-refractivity contribution in [3.8, 4) is 0 Å². The Hall–Kier alpha value is -1.33. The molecule has 0 aromatic heterocycles. The van der Waals surface area contributed by atoms with Gasteiger partial charge in [0, 0.05) is 22.8 Å². The maximum Gasteiger partial charge on any atom is 0.307 e. The summed E-state index contributed by atoms with van der Waals surface area (Å²) in [5, 5.41) is 4.47. The molecule has 1 atom stereocenters. The molecule has 0 aliphatic carbocycles. The molecule has 0 radical (unpaired) electrons. The standard InChI is InChI=1S/C14H17ClN2O2S/c1-3-6-17-12(8-13(18)19-2)10-7-9(15)4-5-11(10)16-14(17)20/h4-5,7,12H,3,6,8H2,1-2H3,(H,16,20). The van der Waals surface area contributed by atoms with E-state index in [0.717, 1.165) is 24.2 Å². The molecule has 6 heteroatoms. The van der Waals surface area contributed by atoms with Gasteiger partial charge in [0.2, 0.25) is 0 Å². The molecule has 108 valence electrons. The number of hydrogen-bond donors (Lipinski definition) is 1. The molecule has 1 aliphatic heterocycles. The normalized spacial score (nSPS) is 17.4. The summed E-state index contributed by atoms with van der Waals surface area (Å²) >= 11 is 11.5. The first-order valence-electron chi connectivity index (χ1n) is 6.50. The Labute approximate surface area is 129 Å². The van der Waals surface area contributed by atoms with Crippen LogP contribution in [0.4, 0.5) is 5.69 Å². The molecule has 0 amide bonds. The number of nitrogens with zero attached hydrogens (tertiary/aromatic N) is 1. The van der Waals surface area contributed by atoms with Crippen molar-refractivity contribution in [1.29, 1.82) is 0 Å². The molecular formula is C14H17ClN2O2S. The molecule has 0 bridgehead atoms. The lowest BCUT2D eigenvalue weighted by Gasteiger charge is -2.39. The van der Waals surface area contributed by atoms with Crippen LogP contribution in [-0.2, 0) is 9.53 Å². The summed E-state index contributed by atoms with van der Waals surface area (Å²) in [5.74, 6) is -0.258. The van der Waals surface area contributed by atoms with E-state index < -0.39 is 0 Å². The maximum absolute atomic E-state index is 11.7. The molecule has 1 heterocycles. The van der Waals surface area contributed by atoms with Gasteiger partial charge in [-0.2, -0.15) is 0 Å². The van der Waals surface area contributed by atoms with Crippen LogP contribution in [0.2, 0.25) is 5.02 Å². The lowest BCUT2D eigenvalue weighted by Crippen LogP contribution is -2.43. The molecule has 20 heavy (non-hydrogen) atoms. The number of fused-ring (bicyclic) bond motifs is 1. The predicted molar refractivity (Wildman–Crippen MR) is 84.0 cm³/mol. The molecular weight excluding hydrogens is 296 g/mol. The van der Waals surface area contributed by atoms with Crippen molar-refractivity contribution in [2.45, 2.75) is 25.8 Å². The first-order valence-corrected chi connectivity index (χ1v) is 7.29. The van der Waals surface area contributed by atoms with Gasteiger partial charge in [0.15, 0.2) is 5.11 Å². The third-order valence-electron chi connectivity index (χ3n) is 3.30. The number of esters is 1. The van der Waals surface area contributed by atoms with E-state index >= 15 is 0 Å². The molecule has 1 N–H and O–H groups in total. The van der Waals surface area contributed by atoms with E-state index in [9.17, 15) is 4.79 Å². The van der Waals surface area contributed by atoms with E-state index in [4.69, 9.17) is 28.6 Å². The van der Waals surface area contributed by atoms with Gasteiger partial charge in [0.1, 0.15) is 0 Å². The van der Waals surface area contributed by atoms with Crippen molar-refractivity contribution in [2.24, 2.45) is 0 Å². The van der Waals surface area contributed by atoms with Gasteiger partial charge in [-0.15, -0.1) is 0 Å². The van der Waals surface area contributed by atoms with Crippen molar-refractivity contribution in [3.05, 3.63) is 28.8 Å². The second kappa shape index (κ2) is 6.41. The van der Waals surface area contributed by atoms with Crippen molar-refractivity contribution in [2.75, 3.05) is 19.0 Å². The Morgan fingerprint density at radius 2 is 2.30 bits per heavy atom. The molecule has 0 saturated carbocycles. The third-order valence-corrected chi connectivity index (χ3v) is 3.88. The molecule has 1 aromatic carbocycles. The monoisotopic (exact) mass is 312 g/mol. The fraction of sp³-hybridized carbons (Fsp3) is 0.429. The van der Waals surface area contributed by atoms with E-state index in [1.807, 2.05) is 17.0 Å². The summed E-state index contributed by atoms with van der Waals surface area (Å²) in [6.45, 7) is 2.85. The van der Waals surface area contributed by atoms with Crippen LogP contribution < -0.4 is 5.32 Å². The largest absolute Gasteiger partial charge is 0.469 e. The minimum atomic E-state index is -0.258. The number of rotatable bonds is 4. The van der Waals surface area contributed by atoms with Crippen LogP contribution in [0.3, 0.4) is 0 Å². The minimum Gasteiger partial charge on any atom is -0.469 e. The molecule has 0 spiro atoms. The number of carbonyl (C=O) groups is 1. The van der Waals surface area contributed by atoms with E-state index in [1.165, 1.54) is 7.11 Å². The van der Waals surface area contributed by atoms with E-state index in [2.05, 4.69) is 12.2 Å². The van der Waals surface area contributed by atoms with Crippen LogP contribution in [0.1, 0.15) is 31.4 Å². The van der Waals surface area contributed by atoms with Crippen LogP contribution >= 0.6 is 23.8 Å². The zero-order valence-corrected chi connectivity index (χ0v) is 13.1. The van der Waals surface area contributed by atoms with Crippen molar-refractivity contribution in [3.63, 3.8) is 0 Å². The molecule has 1 aromatic rings. The smallest absolute Gasteiger partial charge is 0.307 e. The highest BCUT2D eigenvalue weighted by molar-refractivity contribution is 7.80. The summed E-state index contributed by atoms with van der Waals surface area (Å²) in [4.78, 5) is 13.7. The Bertz CT molecular complexity index is 536. The number of methoxy groups -OCH3 is 1. The highest BCUT2D eigenvalue weighted by Gasteiger charge is 2.31. The van der Waals surface area contributed by atoms with Crippen LogP contribution in [-0.4, -0.2) is 29.6 Å². The minimum absolute atomic E-state index is 0.134. The van der Waals surface area contributed by atoms with Crippen LogP contribution in [0.25, 0.3) is 0 Å². The lowest BCUT2D eigenvalue weighted by atomic mass is 9.98. The Morgan fingerprint density at radius 1 is 1.55 bits per heavy atom. The number of carbonyl (C=O) groups excluding carboxylic acids is 1. The van der Waals surface area contributed by atoms with Gasteiger partial charge in [-0.1, -0.05) is 18.5 Å². The first kappa shape index (κ1) is 15.1. The highest BCUT2D eigenvalue weighted by Crippen LogP contribution is 2.37. The van der Waals surface area contributed by atoms with Gasteiger partial charge in [0.05, 0.1) is 19.6 Å². The number of nitrogens with one attached hydrogen (secondary N) is 1. The quantitative estimate of drug-likeness (QED) is 0.682. The van der Waals surface area contributed by atoms with Gasteiger partial charge in [-0.25, -0.2) is 0 Å². The SMILES string of the molecule is CCCN1C(=S)Nc2ccc(Cl)cc2C1CC(=O)OC. The Morgan fingerprint density at radius 3 is 2.95 bits per heavy atom. The Balaban J connectivity index is 2.41. The average molecular weight is 313 g/mol. The molecule has 1 unspecified atom stereocenters. The van der Waals surface area contributed by atoms with Crippen LogP contribution in [0, 0.1) is 0 Å². The summed E-state index contributed by atoms with van der Waals surface area (Å²) in [6.07, 6.45) is 1.20. The van der Waals surface area contributed by atoms with E-state index in [-0.39, 0.29) is 18.4 Å². The fourth-order valence-electron chi connectivity index (χ4n) is 2.38. The molecule has 4 nitrogen and oxygen atoms in total. The lowest BCUT2D eigenvalue weighted by molar-refractivity contribution is -0.141. The van der Waals surface area contributed by atoms with Gasteiger partial charge in [-0.05, 0) is 36.8 Å². The number of ether oxygens (including phenoxy) is 1. The topological polar surface area (TPSA) is 41.6 Å². The number of halogens is 1. The summed E-state index contributed by atoms with van der Waals surface area (Å²) in [6, 6.07) is 5.44.